The molecular formula is C27H32N2O5. The topological polar surface area (TPSA) is 105 Å². The Morgan fingerprint density at radius 3 is 2.12 bits per heavy atom. The lowest BCUT2D eigenvalue weighted by Gasteiger charge is -2.31. The zero-order chi connectivity index (χ0) is 24.5. The lowest BCUT2D eigenvalue weighted by Crippen LogP contribution is -2.55. The molecule has 2 amide bonds. The normalized spacial score (nSPS) is 20.2. The summed E-state index contributed by atoms with van der Waals surface area (Å²) >= 11 is 0. The van der Waals surface area contributed by atoms with Crippen molar-refractivity contribution in [1.29, 1.82) is 0 Å². The van der Waals surface area contributed by atoms with Crippen molar-refractivity contribution >= 4 is 18.0 Å². The number of aliphatic carboxylic acids is 1. The molecular weight excluding hydrogens is 432 g/mol. The molecule has 0 heterocycles. The van der Waals surface area contributed by atoms with Gasteiger partial charge in [0.25, 0.3) is 0 Å². The van der Waals surface area contributed by atoms with Gasteiger partial charge in [0.2, 0.25) is 5.91 Å². The van der Waals surface area contributed by atoms with Gasteiger partial charge in [-0.2, -0.15) is 0 Å². The number of carbonyl (C=O) groups excluding carboxylic acids is 2. The highest BCUT2D eigenvalue weighted by molar-refractivity contribution is 5.87. The van der Waals surface area contributed by atoms with Gasteiger partial charge >= 0.3 is 12.1 Å². The first kappa shape index (κ1) is 23.8. The zero-order valence-electron chi connectivity index (χ0n) is 19.8. The molecule has 0 aliphatic heterocycles. The van der Waals surface area contributed by atoms with Gasteiger partial charge in [-0.05, 0) is 46.9 Å². The minimum atomic E-state index is -0.833. The van der Waals surface area contributed by atoms with Crippen LogP contribution in [0.3, 0.4) is 0 Å². The maximum Gasteiger partial charge on any atom is 0.407 e. The van der Waals surface area contributed by atoms with Gasteiger partial charge in [-0.15, -0.1) is 0 Å². The van der Waals surface area contributed by atoms with Crippen molar-refractivity contribution in [3.8, 4) is 11.1 Å². The van der Waals surface area contributed by atoms with Gasteiger partial charge in [0.05, 0.1) is 5.92 Å². The Morgan fingerprint density at radius 2 is 1.59 bits per heavy atom. The van der Waals surface area contributed by atoms with E-state index in [4.69, 9.17) is 4.74 Å². The number of amides is 2. The fourth-order valence-corrected chi connectivity index (χ4v) is 5.05. The van der Waals surface area contributed by atoms with Gasteiger partial charge in [-0.3, -0.25) is 9.59 Å². The molecule has 1 fully saturated rings. The summed E-state index contributed by atoms with van der Waals surface area (Å²) in [6, 6.07) is 15.2. The summed E-state index contributed by atoms with van der Waals surface area (Å²) in [6.07, 6.45) is 0.917. The average molecular weight is 465 g/mol. The van der Waals surface area contributed by atoms with E-state index in [0.29, 0.717) is 19.3 Å². The Bertz CT molecular complexity index is 1040. The number of carbonyl (C=O) groups is 3. The number of hydrogen-bond acceptors (Lipinski definition) is 4. The summed E-state index contributed by atoms with van der Waals surface area (Å²) in [5, 5.41) is 14.9. The molecule has 3 N–H and O–H groups in total. The standard InChI is InChI=1S/C27H32N2O5/c1-27(2,3)23(24(30)28-17-13-12-16(14-17)25(31)32)29-26(33)34-15-22-20-10-6-4-8-18(20)19-9-5-7-11-21(19)22/h4-11,16-17,22-23H,12-15H2,1-3H3,(H,28,30)(H,29,33)(H,31,32). The first-order chi connectivity index (χ1) is 16.1. The summed E-state index contributed by atoms with van der Waals surface area (Å²) in [4.78, 5) is 37.0. The Kier molecular flexibility index (Phi) is 6.64. The van der Waals surface area contributed by atoms with Gasteiger partial charge < -0.3 is 20.5 Å². The molecule has 7 nitrogen and oxygen atoms in total. The lowest BCUT2D eigenvalue weighted by molar-refractivity contribution is -0.141. The van der Waals surface area contributed by atoms with E-state index < -0.39 is 29.4 Å². The molecule has 2 aromatic rings. The van der Waals surface area contributed by atoms with E-state index in [2.05, 4.69) is 34.9 Å². The third-order valence-corrected chi connectivity index (χ3v) is 6.86. The van der Waals surface area contributed by atoms with E-state index in [0.717, 1.165) is 22.3 Å². The number of fused-ring (bicyclic) bond motifs is 3. The minimum Gasteiger partial charge on any atom is -0.481 e. The highest BCUT2D eigenvalue weighted by Gasteiger charge is 2.37. The van der Waals surface area contributed by atoms with E-state index in [-0.39, 0.29) is 24.5 Å². The number of nitrogens with one attached hydrogen (secondary N) is 2. The highest BCUT2D eigenvalue weighted by Crippen LogP contribution is 2.44. The molecule has 0 aromatic heterocycles. The first-order valence-corrected chi connectivity index (χ1v) is 11.8. The third kappa shape index (κ3) is 4.93. The summed E-state index contributed by atoms with van der Waals surface area (Å²) in [5.74, 6) is -1.65. The number of carboxylic acids is 1. The number of carboxylic acid groups (broad SMARTS) is 1. The summed E-state index contributed by atoms with van der Waals surface area (Å²) in [5.41, 5.74) is 3.98. The van der Waals surface area contributed by atoms with E-state index in [1.165, 1.54) is 0 Å². The third-order valence-electron chi connectivity index (χ3n) is 6.86. The number of alkyl carbamates (subject to hydrolysis) is 1. The maximum atomic E-state index is 13.0. The van der Waals surface area contributed by atoms with Gasteiger partial charge in [-0.1, -0.05) is 69.3 Å². The van der Waals surface area contributed by atoms with Crippen LogP contribution in [-0.2, 0) is 14.3 Å². The molecule has 34 heavy (non-hydrogen) atoms. The van der Waals surface area contributed by atoms with Crippen LogP contribution < -0.4 is 10.6 Å². The van der Waals surface area contributed by atoms with Crippen LogP contribution in [0.25, 0.3) is 11.1 Å². The van der Waals surface area contributed by atoms with Crippen LogP contribution in [0.15, 0.2) is 48.5 Å². The second kappa shape index (κ2) is 9.49. The van der Waals surface area contributed by atoms with E-state index >= 15 is 0 Å². The van der Waals surface area contributed by atoms with Gasteiger partial charge in [0.15, 0.2) is 0 Å². The first-order valence-electron chi connectivity index (χ1n) is 11.8. The second-order valence-electron chi connectivity index (χ2n) is 10.3. The number of hydrogen-bond donors (Lipinski definition) is 3. The Hall–Kier alpha value is -3.35. The number of benzene rings is 2. The van der Waals surface area contributed by atoms with E-state index in [1.807, 2.05) is 45.0 Å². The summed E-state index contributed by atoms with van der Waals surface area (Å²) in [7, 11) is 0. The monoisotopic (exact) mass is 464 g/mol. The van der Waals surface area contributed by atoms with Crippen LogP contribution in [0.4, 0.5) is 4.79 Å². The van der Waals surface area contributed by atoms with Crippen molar-refractivity contribution < 1.29 is 24.2 Å². The molecule has 3 unspecified atom stereocenters. The number of rotatable bonds is 6. The minimum absolute atomic E-state index is 0.0634. The SMILES string of the molecule is CC(C)(C)C(NC(=O)OCC1c2ccccc2-c2ccccc21)C(=O)NC1CCC(C(=O)O)C1. The Labute approximate surface area is 199 Å². The van der Waals surface area contributed by atoms with Crippen molar-refractivity contribution in [2.75, 3.05) is 6.61 Å². The number of ether oxygens (including phenoxy) is 1. The quantitative estimate of drug-likeness (QED) is 0.591. The average Bonchev–Trinajstić information content (AvgIpc) is 3.38. The molecule has 0 bridgehead atoms. The second-order valence-corrected chi connectivity index (χ2v) is 10.3. The maximum absolute atomic E-state index is 13.0. The van der Waals surface area contributed by atoms with Gasteiger partial charge in [0, 0.05) is 12.0 Å². The molecule has 0 radical (unpaired) electrons. The smallest absolute Gasteiger partial charge is 0.407 e. The molecule has 180 valence electrons. The molecule has 1 saturated carbocycles. The fourth-order valence-electron chi connectivity index (χ4n) is 5.05. The van der Waals surface area contributed by atoms with E-state index in [1.54, 1.807) is 0 Å². The molecule has 2 aliphatic carbocycles. The molecule has 0 spiro atoms. The lowest BCUT2D eigenvalue weighted by atomic mass is 9.86. The van der Waals surface area contributed by atoms with Crippen LogP contribution in [0.5, 0.6) is 0 Å². The molecule has 4 rings (SSSR count). The molecule has 3 atom stereocenters. The van der Waals surface area contributed by atoms with Gasteiger partial charge in [0.1, 0.15) is 12.6 Å². The summed E-state index contributed by atoms with van der Waals surface area (Å²) in [6.45, 7) is 5.78. The van der Waals surface area contributed by atoms with E-state index in [9.17, 15) is 19.5 Å². The van der Waals surface area contributed by atoms with Crippen LogP contribution in [0.1, 0.15) is 57.1 Å². The molecule has 7 heteroatoms. The Morgan fingerprint density at radius 1 is 1.00 bits per heavy atom. The van der Waals surface area contributed by atoms with Crippen LogP contribution in [0, 0.1) is 11.3 Å². The van der Waals surface area contributed by atoms with Crippen molar-refractivity contribution in [3.63, 3.8) is 0 Å². The predicted molar refractivity (Wildman–Crippen MR) is 128 cm³/mol. The van der Waals surface area contributed by atoms with Crippen molar-refractivity contribution in [2.24, 2.45) is 11.3 Å². The van der Waals surface area contributed by atoms with Crippen molar-refractivity contribution in [1.82, 2.24) is 10.6 Å². The summed E-state index contributed by atoms with van der Waals surface area (Å²) < 4.78 is 5.63. The van der Waals surface area contributed by atoms with Crippen LogP contribution in [0.2, 0.25) is 0 Å². The van der Waals surface area contributed by atoms with Crippen molar-refractivity contribution in [3.05, 3.63) is 59.7 Å². The molecule has 2 aliphatic rings. The van der Waals surface area contributed by atoms with Crippen molar-refractivity contribution in [2.45, 2.75) is 58.0 Å². The largest absolute Gasteiger partial charge is 0.481 e. The molecule has 0 saturated heterocycles. The molecule has 2 aromatic carbocycles. The van der Waals surface area contributed by atoms with Gasteiger partial charge in [-0.25, -0.2) is 4.79 Å². The zero-order valence-corrected chi connectivity index (χ0v) is 19.8. The van der Waals surface area contributed by atoms with Crippen LogP contribution >= 0.6 is 0 Å². The van der Waals surface area contributed by atoms with Crippen LogP contribution in [-0.4, -0.2) is 41.8 Å². The predicted octanol–water partition coefficient (Wildman–Crippen LogP) is 4.31. The highest BCUT2D eigenvalue weighted by atomic mass is 16.5. The fraction of sp³-hybridized carbons (Fsp3) is 0.444. The Balaban J connectivity index is 1.39.